The second-order valence-electron chi connectivity index (χ2n) is 5.01. The molecule has 1 aliphatic heterocycles. The van der Waals surface area contributed by atoms with Gasteiger partial charge >= 0.3 is 5.69 Å². The SMILES string of the molecule is CC[C@@H]1CN(Cc2cc(=O)n(C)c(=O)n2C)CCO1. The van der Waals surface area contributed by atoms with Crippen LogP contribution >= 0.6 is 0 Å². The van der Waals surface area contributed by atoms with Crippen molar-refractivity contribution in [3.05, 3.63) is 32.6 Å². The first-order chi connectivity index (χ1) is 9.02. The predicted molar refractivity (Wildman–Crippen MR) is 72.2 cm³/mol. The maximum Gasteiger partial charge on any atom is 0.330 e. The highest BCUT2D eigenvalue weighted by molar-refractivity contribution is 5.02. The van der Waals surface area contributed by atoms with Gasteiger partial charge < -0.3 is 4.74 Å². The van der Waals surface area contributed by atoms with Crippen molar-refractivity contribution in [1.82, 2.24) is 14.0 Å². The summed E-state index contributed by atoms with van der Waals surface area (Å²) < 4.78 is 8.28. The molecule has 1 fully saturated rings. The summed E-state index contributed by atoms with van der Waals surface area (Å²) >= 11 is 0. The summed E-state index contributed by atoms with van der Waals surface area (Å²) in [6, 6.07) is 1.54. The maximum absolute atomic E-state index is 11.9. The average Bonchev–Trinajstić information content (AvgIpc) is 2.42. The van der Waals surface area contributed by atoms with Gasteiger partial charge in [-0.05, 0) is 6.42 Å². The molecule has 1 aromatic heterocycles. The van der Waals surface area contributed by atoms with Crippen LogP contribution in [0.25, 0.3) is 0 Å². The zero-order valence-corrected chi connectivity index (χ0v) is 11.8. The highest BCUT2D eigenvalue weighted by Gasteiger charge is 2.20. The first-order valence-electron chi connectivity index (χ1n) is 6.62. The normalized spacial score (nSPS) is 20.7. The van der Waals surface area contributed by atoms with Crippen molar-refractivity contribution in [1.29, 1.82) is 0 Å². The molecule has 0 amide bonds. The molecule has 1 aromatic rings. The van der Waals surface area contributed by atoms with Crippen LogP contribution in [0.1, 0.15) is 19.0 Å². The molecule has 6 nitrogen and oxygen atoms in total. The molecule has 19 heavy (non-hydrogen) atoms. The molecule has 0 aromatic carbocycles. The number of rotatable bonds is 3. The molecule has 0 unspecified atom stereocenters. The summed E-state index contributed by atoms with van der Waals surface area (Å²) in [5.74, 6) is 0. The van der Waals surface area contributed by atoms with Crippen molar-refractivity contribution in [3.63, 3.8) is 0 Å². The predicted octanol–water partition coefficient (Wildman–Crippen LogP) is -0.305. The van der Waals surface area contributed by atoms with Gasteiger partial charge in [0.05, 0.1) is 12.7 Å². The lowest BCUT2D eigenvalue weighted by Gasteiger charge is -2.32. The van der Waals surface area contributed by atoms with Gasteiger partial charge in [0.2, 0.25) is 0 Å². The Hall–Kier alpha value is -1.40. The third kappa shape index (κ3) is 2.96. The molecule has 2 heterocycles. The molecule has 1 aliphatic rings. The molecule has 0 saturated carbocycles. The highest BCUT2D eigenvalue weighted by Crippen LogP contribution is 2.10. The number of nitrogens with zero attached hydrogens (tertiary/aromatic N) is 3. The van der Waals surface area contributed by atoms with E-state index in [0.717, 1.165) is 29.8 Å². The Kier molecular flexibility index (Phi) is 4.21. The van der Waals surface area contributed by atoms with Crippen molar-refractivity contribution in [2.45, 2.75) is 26.0 Å². The van der Waals surface area contributed by atoms with E-state index in [0.29, 0.717) is 13.2 Å². The number of hydrogen-bond acceptors (Lipinski definition) is 4. The lowest BCUT2D eigenvalue weighted by atomic mass is 10.2. The van der Waals surface area contributed by atoms with Crippen molar-refractivity contribution in [2.75, 3.05) is 19.7 Å². The Morgan fingerprint density at radius 1 is 1.32 bits per heavy atom. The Morgan fingerprint density at radius 3 is 2.74 bits per heavy atom. The van der Waals surface area contributed by atoms with Gasteiger partial charge in [-0.2, -0.15) is 0 Å². The van der Waals surface area contributed by atoms with Crippen LogP contribution in [0.4, 0.5) is 0 Å². The smallest absolute Gasteiger partial charge is 0.330 e. The summed E-state index contributed by atoms with van der Waals surface area (Å²) in [6.07, 6.45) is 1.23. The first-order valence-corrected chi connectivity index (χ1v) is 6.62. The van der Waals surface area contributed by atoms with Crippen LogP contribution in [-0.2, 0) is 25.4 Å². The van der Waals surface area contributed by atoms with Crippen LogP contribution in [0.3, 0.4) is 0 Å². The Labute approximate surface area is 112 Å². The molecule has 1 atom stereocenters. The van der Waals surface area contributed by atoms with Crippen LogP contribution in [0, 0.1) is 0 Å². The van der Waals surface area contributed by atoms with Gasteiger partial charge in [0.25, 0.3) is 5.56 Å². The fourth-order valence-corrected chi connectivity index (χ4v) is 2.33. The average molecular weight is 267 g/mol. The molecular weight excluding hydrogens is 246 g/mol. The Bertz CT molecular complexity index is 561. The van der Waals surface area contributed by atoms with E-state index < -0.39 is 0 Å². The molecular formula is C13H21N3O3. The second kappa shape index (κ2) is 5.71. The number of hydrogen-bond donors (Lipinski definition) is 0. The monoisotopic (exact) mass is 267 g/mol. The van der Waals surface area contributed by atoms with E-state index in [4.69, 9.17) is 4.74 Å². The van der Waals surface area contributed by atoms with Crippen LogP contribution < -0.4 is 11.2 Å². The molecule has 0 radical (unpaired) electrons. The molecule has 0 bridgehead atoms. The lowest BCUT2D eigenvalue weighted by Crippen LogP contribution is -2.44. The summed E-state index contributed by atoms with van der Waals surface area (Å²) in [4.78, 5) is 25.8. The summed E-state index contributed by atoms with van der Waals surface area (Å²) in [5.41, 5.74) is 0.228. The zero-order valence-electron chi connectivity index (χ0n) is 11.8. The minimum absolute atomic E-state index is 0.248. The zero-order chi connectivity index (χ0) is 14.0. The molecule has 0 N–H and O–H groups in total. The number of morpholine rings is 1. The molecule has 0 aliphatic carbocycles. The van der Waals surface area contributed by atoms with Gasteiger partial charge in [0.15, 0.2) is 0 Å². The second-order valence-corrected chi connectivity index (χ2v) is 5.01. The van der Waals surface area contributed by atoms with E-state index in [1.807, 2.05) is 0 Å². The molecule has 0 spiro atoms. The van der Waals surface area contributed by atoms with Gasteiger partial charge in [-0.15, -0.1) is 0 Å². The van der Waals surface area contributed by atoms with Gasteiger partial charge in [-0.3, -0.25) is 18.8 Å². The number of aromatic nitrogens is 2. The largest absolute Gasteiger partial charge is 0.376 e. The van der Waals surface area contributed by atoms with E-state index in [1.165, 1.54) is 17.7 Å². The topological polar surface area (TPSA) is 56.5 Å². The fraction of sp³-hybridized carbons (Fsp3) is 0.692. The van der Waals surface area contributed by atoms with Gasteiger partial charge in [0, 0.05) is 45.5 Å². The van der Waals surface area contributed by atoms with E-state index in [9.17, 15) is 9.59 Å². The maximum atomic E-state index is 11.9. The fourth-order valence-electron chi connectivity index (χ4n) is 2.33. The van der Waals surface area contributed by atoms with Crippen LogP contribution in [0.15, 0.2) is 15.7 Å². The summed E-state index contributed by atoms with van der Waals surface area (Å²) in [6.45, 7) is 5.10. The lowest BCUT2D eigenvalue weighted by molar-refractivity contribution is -0.0331. The standard InChI is InChI=1S/C13H21N3O3/c1-4-11-9-16(5-6-19-11)8-10-7-12(17)15(3)13(18)14(10)2/h7,11H,4-6,8-9H2,1-3H3/t11-/m1/s1. The van der Waals surface area contributed by atoms with Crippen molar-refractivity contribution >= 4 is 0 Å². The van der Waals surface area contributed by atoms with Gasteiger partial charge in [0.1, 0.15) is 0 Å². The van der Waals surface area contributed by atoms with E-state index in [-0.39, 0.29) is 17.4 Å². The van der Waals surface area contributed by atoms with Crippen LogP contribution in [0.5, 0.6) is 0 Å². The van der Waals surface area contributed by atoms with E-state index in [2.05, 4.69) is 11.8 Å². The quantitative estimate of drug-likeness (QED) is 0.754. The number of ether oxygens (including phenoxy) is 1. The molecule has 1 saturated heterocycles. The van der Waals surface area contributed by atoms with Gasteiger partial charge in [-0.25, -0.2) is 4.79 Å². The van der Waals surface area contributed by atoms with Gasteiger partial charge in [-0.1, -0.05) is 6.92 Å². The highest BCUT2D eigenvalue weighted by atomic mass is 16.5. The summed E-state index contributed by atoms with van der Waals surface area (Å²) in [5, 5.41) is 0. The van der Waals surface area contributed by atoms with Crippen molar-refractivity contribution < 1.29 is 4.74 Å². The van der Waals surface area contributed by atoms with Crippen LogP contribution in [0.2, 0.25) is 0 Å². The molecule has 2 rings (SSSR count). The van der Waals surface area contributed by atoms with Crippen molar-refractivity contribution in [2.24, 2.45) is 14.1 Å². The summed E-state index contributed by atoms with van der Waals surface area (Å²) in [7, 11) is 3.20. The van der Waals surface area contributed by atoms with E-state index >= 15 is 0 Å². The Balaban J connectivity index is 2.20. The minimum atomic E-state index is -0.275. The minimum Gasteiger partial charge on any atom is -0.376 e. The van der Waals surface area contributed by atoms with Crippen LogP contribution in [-0.4, -0.2) is 39.8 Å². The van der Waals surface area contributed by atoms with E-state index in [1.54, 1.807) is 7.05 Å². The van der Waals surface area contributed by atoms with Crippen molar-refractivity contribution in [3.8, 4) is 0 Å². The third-order valence-corrected chi connectivity index (χ3v) is 3.69. The third-order valence-electron chi connectivity index (χ3n) is 3.69. The molecule has 106 valence electrons. The molecule has 6 heteroatoms. The Morgan fingerprint density at radius 2 is 2.05 bits per heavy atom. The first kappa shape index (κ1) is 14.0.